The summed E-state index contributed by atoms with van der Waals surface area (Å²) in [6, 6.07) is 17.7. The highest BCUT2D eigenvalue weighted by Crippen LogP contribution is 2.27. The van der Waals surface area contributed by atoms with Crippen molar-refractivity contribution >= 4 is 28.8 Å². The van der Waals surface area contributed by atoms with Gasteiger partial charge in [0.15, 0.2) is 0 Å². The lowest BCUT2D eigenvalue weighted by molar-refractivity contribution is -0.129. The number of nitrogens with one attached hydrogen (secondary N) is 1. The van der Waals surface area contributed by atoms with Gasteiger partial charge in [-0.3, -0.25) is 23.3 Å². The first-order valence-corrected chi connectivity index (χ1v) is 12.1. The van der Waals surface area contributed by atoms with Crippen molar-refractivity contribution in [1.29, 1.82) is 0 Å². The van der Waals surface area contributed by atoms with Crippen LogP contribution >= 0.6 is 0 Å². The number of rotatable bonds is 9. The Hall–Kier alpha value is -3.73. The predicted octanol–water partition coefficient (Wildman–Crippen LogP) is 3.51. The summed E-state index contributed by atoms with van der Waals surface area (Å²) in [6.07, 6.45) is 0.156. The fourth-order valence-electron chi connectivity index (χ4n) is 3.64. The number of amides is 2. The molecule has 0 aliphatic rings. The Morgan fingerprint density at radius 1 is 1.03 bits per heavy atom. The average Bonchev–Trinajstić information content (AvgIpc) is 2.85. The van der Waals surface area contributed by atoms with E-state index in [1.807, 2.05) is 6.92 Å². The van der Waals surface area contributed by atoms with Crippen molar-refractivity contribution in [2.45, 2.75) is 26.3 Å². The fourth-order valence-corrected chi connectivity index (χ4v) is 4.31. The predicted molar refractivity (Wildman–Crippen MR) is 136 cm³/mol. The van der Waals surface area contributed by atoms with Crippen LogP contribution < -0.4 is 14.5 Å². The monoisotopic (exact) mass is 510 g/mol. The molecule has 10 heteroatoms. The lowest BCUT2D eigenvalue weighted by atomic mass is 10.0. The van der Waals surface area contributed by atoms with Crippen molar-refractivity contribution in [2.75, 3.05) is 18.4 Å². The molecular weight excluding hydrogens is 482 g/mol. The van der Waals surface area contributed by atoms with Crippen LogP contribution in [0.4, 0.5) is 5.69 Å². The number of hydrogen-bond acceptors (Lipinski definition) is 6. The maximum atomic E-state index is 13.0. The van der Waals surface area contributed by atoms with E-state index < -0.39 is 23.2 Å². The number of carbonyl (C=O) groups excluding carboxylic acids is 2. The van der Waals surface area contributed by atoms with Gasteiger partial charge in [-0.05, 0) is 67.4 Å². The highest BCUT2D eigenvalue weighted by atomic mass is 32.2. The topological polar surface area (TPSA) is 122 Å². The van der Waals surface area contributed by atoms with Gasteiger partial charge in [0.2, 0.25) is 5.91 Å². The van der Waals surface area contributed by atoms with Crippen molar-refractivity contribution in [1.82, 2.24) is 10.4 Å². The highest BCUT2D eigenvalue weighted by Gasteiger charge is 2.29. The molecule has 3 rings (SSSR count). The summed E-state index contributed by atoms with van der Waals surface area (Å²) < 4.78 is 31.4. The summed E-state index contributed by atoms with van der Waals surface area (Å²) in [5.41, 5.74) is 4.71. The van der Waals surface area contributed by atoms with E-state index in [1.54, 1.807) is 87.2 Å². The summed E-state index contributed by atoms with van der Waals surface area (Å²) in [5.74, 6) is 0.0990. The number of benzene rings is 3. The van der Waals surface area contributed by atoms with E-state index in [0.29, 0.717) is 28.3 Å². The number of carbonyl (C=O) groups is 2. The van der Waals surface area contributed by atoms with E-state index in [1.165, 1.54) is 11.0 Å². The molecule has 2 amide bonds. The normalized spacial score (nSPS) is 12.4. The number of anilines is 1. The molecule has 0 saturated carbocycles. The maximum absolute atomic E-state index is 13.0. The van der Waals surface area contributed by atoms with E-state index in [4.69, 9.17) is 9.94 Å². The number of nitrogens with zero attached hydrogens (tertiary/aromatic N) is 2. The van der Waals surface area contributed by atoms with Gasteiger partial charge in [0, 0.05) is 43.0 Å². The Labute approximate surface area is 212 Å². The summed E-state index contributed by atoms with van der Waals surface area (Å²) in [7, 11) is 3.18. The molecule has 0 aliphatic heterocycles. The van der Waals surface area contributed by atoms with Crippen LogP contribution in [0.3, 0.4) is 0 Å². The van der Waals surface area contributed by atoms with Gasteiger partial charge in [0.05, 0.1) is 0 Å². The Morgan fingerprint density at radius 2 is 1.67 bits per heavy atom. The van der Waals surface area contributed by atoms with E-state index >= 15 is 0 Å². The molecule has 0 heterocycles. The quantitative estimate of drug-likeness (QED) is 0.258. The van der Waals surface area contributed by atoms with Gasteiger partial charge < -0.3 is 14.2 Å². The molecule has 0 aliphatic carbocycles. The number of hydroxylamine groups is 1. The Morgan fingerprint density at radius 3 is 2.19 bits per heavy atom. The Balaban J connectivity index is 1.83. The van der Waals surface area contributed by atoms with Crippen LogP contribution in [0.25, 0.3) is 0 Å². The lowest BCUT2D eigenvalue weighted by Gasteiger charge is -2.35. The van der Waals surface area contributed by atoms with Gasteiger partial charge in [-0.25, -0.2) is 5.48 Å². The summed E-state index contributed by atoms with van der Waals surface area (Å²) in [4.78, 5) is 26.0. The molecule has 2 atom stereocenters. The third-order valence-electron chi connectivity index (χ3n) is 5.58. The third-order valence-corrected chi connectivity index (χ3v) is 6.36. The van der Waals surface area contributed by atoms with Crippen molar-refractivity contribution in [2.24, 2.45) is 0 Å². The molecule has 2 unspecified atom stereocenters. The highest BCUT2D eigenvalue weighted by molar-refractivity contribution is 7.80. The van der Waals surface area contributed by atoms with Gasteiger partial charge in [-0.2, -0.15) is 0 Å². The second-order valence-electron chi connectivity index (χ2n) is 8.50. The zero-order valence-corrected chi connectivity index (χ0v) is 21.2. The van der Waals surface area contributed by atoms with Gasteiger partial charge in [0.1, 0.15) is 17.5 Å². The van der Waals surface area contributed by atoms with Crippen molar-refractivity contribution in [3.63, 3.8) is 0 Å². The molecule has 0 saturated heterocycles. The molecule has 3 aromatic carbocycles. The second-order valence-corrected chi connectivity index (χ2v) is 9.33. The fraction of sp³-hybridized carbons (Fsp3) is 0.231. The Kier molecular flexibility index (Phi) is 8.81. The van der Waals surface area contributed by atoms with Gasteiger partial charge in [-0.15, -0.1) is 0 Å². The Bertz CT molecular complexity index is 1250. The first-order valence-electron chi connectivity index (χ1n) is 11.1. The minimum Gasteiger partial charge on any atom is -0.755 e. The van der Waals surface area contributed by atoms with Crippen LogP contribution in [0.5, 0.6) is 11.5 Å². The first kappa shape index (κ1) is 26.9. The molecule has 0 aromatic heterocycles. The van der Waals surface area contributed by atoms with Crippen LogP contribution in [0.15, 0.2) is 66.7 Å². The number of ether oxygens (including phenoxy) is 1. The molecule has 3 aromatic rings. The largest absolute Gasteiger partial charge is 0.755 e. The molecule has 0 spiro atoms. The van der Waals surface area contributed by atoms with E-state index in [2.05, 4.69) is 0 Å². The SMILES string of the molecule is Cc1ccc(N(C(Cc2ccc(Oc3ccc(C(=O)NO)cc3C)cc2)C(=O)N(C)C)S(=O)[O-])cc1. The molecule has 0 bridgehead atoms. The number of hydrogen-bond donors (Lipinski definition) is 2. The van der Waals surface area contributed by atoms with E-state index in [9.17, 15) is 18.4 Å². The van der Waals surface area contributed by atoms with E-state index in [-0.39, 0.29) is 12.3 Å². The summed E-state index contributed by atoms with van der Waals surface area (Å²) in [6.45, 7) is 3.67. The van der Waals surface area contributed by atoms with Gasteiger partial charge in [-0.1, -0.05) is 29.8 Å². The lowest BCUT2D eigenvalue weighted by Crippen LogP contribution is -2.48. The molecule has 2 N–H and O–H groups in total. The van der Waals surface area contributed by atoms with Gasteiger partial charge >= 0.3 is 0 Å². The standard InChI is InChI=1S/C26H29N3O6S/c1-17-5-10-21(11-6-17)29(36(33)34)23(26(31)28(3)4)16-19-7-12-22(13-8-19)35-24-14-9-20(15-18(24)2)25(30)27-32/h5-15,23,32H,16H2,1-4H3,(H,27,30)(H,33,34)/p-1. The van der Waals surface area contributed by atoms with Gasteiger partial charge in [0.25, 0.3) is 5.91 Å². The zero-order valence-electron chi connectivity index (χ0n) is 20.4. The van der Waals surface area contributed by atoms with Crippen LogP contribution in [0, 0.1) is 13.8 Å². The summed E-state index contributed by atoms with van der Waals surface area (Å²) in [5, 5.41) is 8.79. The average molecular weight is 511 g/mol. The smallest absolute Gasteiger partial charge is 0.274 e. The molecule has 190 valence electrons. The van der Waals surface area contributed by atoms with Crippen molar-refractivity contribution in [3.05, 3.63) is 89.0 Å². The van der Waals surface area contributed by atoms with Crippen LogP contribution in [-0.4, -0.2) is 50.8 Å². The number of aryl methyl sites for hydroxylation is 2. The van der Waals surface area contributed by atoms with Crippen molar-refractivity contribution < 1.29 is 28.3 Å². The third kappa shape index (κ3) is 6.48. The second kappa shape index (κ2) is 11.8. The zero-order chi connectivity index (χ0) is 26.4. The molecular formula is C26H28N3O6S-. The molecule has 0 fully saturated rings. The van der Waals surface area contributed by atoms with Crippen LogP contribution in [0.2, 0.25) is 0 Å². The van der Waals surface area contributed by atoms with Crippen LogP contribution in [0.1, 0.15) is 27.0 Å². The van der Waals surface area contributed by atoms with E-state index in [0.717, 1.165) is 15.4 Å². The van der Waals surface area contributed by atoms with Crippen molar-refractivity contribution in [3.8, 4) is 11.5 Å². The minimum atomic E-state index is -2.67. The summed E-state index contributed by atoms with van der Waals surface area (Å²) >= 11 is -2.67. The number of likely N-dealkylation sites (N-methyl/N-ethyl adjacent to an activating group) is 1. The molecule has 36 heavy (non-hydrogen) atoms. The molecule has 9 nitrogen and oxygen atoms in total. The molecule has 0 radical (unpaired) electrons. The minimum absolute atomic E-state index is 0.156. The first-order chi connectivity index (χ1) is 17.1. The van der Waals surface area contributed by atoms with Crippen LogP contribution in [-0.2, 0) is 22.5 Å². The maximum Gasteiger partial charge on any atom is 0.274 e.